The topological polar surface area (TPSA) is 30.0 Å². The van der Waals surface area contributed by atoms with Gasteiger partial charge < -0.3 is 0 Å². The van der Waals surface area contributed by atoms with Crippen molar-refractivity contribution in [3.05, 3.63) is 66.0 Å². The average molecular weight is 313 g/mol. The van der Waals surface area contributed by atoms with Crippen molar-refractivity contribution in [1.29, 1.82) is 0 Å². The van der Waals surface area contributed by atoms with Gasteiger partial charge in [-0.1, -0.05) is 76.1 Å². The molecule has 0 saturated heterocycles. The van der Waals surface area contributed by atoms with E-state index in [1.807, 2.05) is 51.1 Å². The number of carbonyl (C=O) groups is 1. The fourth-order valence-corrected chi connectivity index (χ4v) is 2.17. The summed E-state index contributed by atoms with van der Waals surface area (Å²) in [7, 11) is 0. The number of aromatic nitrogens is 1. The molecule has 2 heteroatoms. The number of nitrogens with zero attached hydrogens (tertiary/aromatic N) is 1. The molecule has 0 bridgehead atoms. The van der Waals surface area contributed by atoms with Crippen molar-refractivity contribution in [3.8, 4) is 0 Å². The van der Waals surface area contributed by atoms with Crippen LogP contribution in [-0.2, 0) is 4.79 Å². The third-order valence-corrected chi connectivity index (χ3v) is 3.34. The van der Waals surface area contributed by atoms with Gasteiger partial charge in [-0.2, -0.15) is 0 Å². The van der Waals surface area contributed by atoms with Gasteiger partial charge in [-0.05, 0) is 25.0 Å². The van der Waals surface area contributed by atoms with Gasteiger partial charge in [0.25, 0.3) is 0 Å². The molecular weight excluding hydrogens is 282 g/mol. The Labute approximate surface area is 142 Å². The lowest BCUT2D eigenvalue weighted by molar-refractivity contribution is -0.120. The number of pyridine rings is 1. The van der Waals surface area contributed by atoms with Crippen molar-refractivity contribution >= 4 is 5.78 Å². The van der Waals surface area contributed by atoms with Crippen LogP contribution in [0.25, 0.3) is 0 Å². The lowest BCUT2D eigenvalue weighted by Gasteiger charge is -2.13. The molecule has 1 aromatic heterocycles. The lowest BCUT2D eigenvalue weighted by Crippen LogP contribution is -2.11. The zero-order chi connectivity index (χ0) is 17.5. The highest BCUT2D eigenvalue weighted by Crippen LogP contribution is 2.22. The van der Waals surface area contributed by atoms with E-state index < -0.39 is 0 Å². The zero-order valence-corrected chi connectivity index (χ0v) is 15.3. The number of Topliss-reactive ketones (excluding diaryl/α,β-unsaturated/α-hetero) is 1. The summed E-state index contributed by atoms with van der Waals surface area (Å²) >= 11 is 0. The first-order valence-corrected chi connectivity index (χ1v) is 8.63. The van der Waals surface area contributed by atoms with Crippen LogP contribution in [-0.4, -0.2) is 10.8 Å². The molecule has 1 heterocycles. The van der Waals surface area contributed by atoms with Crippen molar-refractivity contribution in [1.82, 2.24) is 4.98 Å². The molecule has 0 N–H and O–H groups in total. The Hall–Kier alpha value is -1.96. The molecule has 23 heavy (non-hydrogen) atoms. The average Bonchev–Trinajstić information content (AvgIpc) is 2.63. The van der Waals surface area contributed by atoms with E-state index in [-0.39, 0.29) is 5.92 Å². The molecule has 2 rings (SSSR count). The Morgan fingerprint density at radius 2 is 1.70 bits per heavy atom. The minimum atomic E-state index is 0.0544. The summed E-state index contributed by atoms with van der Waals surface area (Å²) in [6, 6.07) is 14.1. The van der Waals surface area contributed by atoms with Gasteiger partial charge in [0.2, 0.25) is 0 Å². The summed E-state index contributed by atoms with van der Waals surface area (Å²) in [5, 5.41) is 0. The molecule has 0 aliphatic rings. The number of hydrogen-bond donors (Lipinski definition) is 0. The van der Waals surface area contributed by atoms with Gasteiger partial charge in [0, 0.05) is 24.7 Å². The van der Waals surface area contributed by atoms with Crippen LogP contribution in [0, 0.1) is 6.92 Å². The molecule has 2 nitrogen and oxygen atoms in total. The van der Waals surface area contributed by atoms with Crippen LogP contribution in [0.1, 0.15) is 64.0 Å². The third kappa shape index (κ3) is 8.92. The summed E-state index contributed by atoms with van der Waals surface area (Å²) in [5.41, 5.74) is 2.38. The summed E-state index contributed by atoms with van der Waals surface area (Å²) < 4.78 is 0. The minimum Gasteiger partial charge on any atom is -0.299 e. The molecule has 0 amide bonds. The number of ketones is 1. The molecule has 0 spiro atoms. The van der Waals surface area contributed by atoms with E-state index in [1.54, 1.807) is 12.4 Å². The van der Waals surface area contributed by atoms with Crippen molar-refractivity contribution < 1.29 is 4.79 Å². The first-order valence-electron chi connectivity index (χ1n) is 8.63. The lowest BCUT2D eigenvalue weighted by atomic mass is 9.90. The number of carbonyl (C=O) groups excluding carboxylic acids is 1. The molecule has 0 aliphatic carbocycles. The summed E-state index contributed by atoms with van der Waals surface area (Å²) in [6.45, 7) is 10.1. The Balaban J connectivity index is 0.000000449. The normalized spacial score (nSPS) is 10.5. The first kappa shape index (κ1) is 21.0. The van der Waals surface area contributed by atoms with E-state index in [9.17, 15) is 4.79 Å². The predicted octanol–water partition coefficient (Wildman–Crippen LogP) is 5.97. The number of aryl methyl sites for hydroxylation is 1. The van der Waals surface area contributed by atoms with Crippen LogP contribution in [0.2, 0.25) is 0 Å². The fourth-order valence-electron chi connectivity index (χ4n) is 2.17. The van der Waals surface area contributed by atoms with Gasteiger partial charge in [-0.25, -0.2) is 0 Å². The maximum absolute atomic E-state index is 11.7. The third-order valence-electron chi connectivity index (χ3n) is 3.34. The maximum Gasteiger partial charge on any atom is 0.140 e. The first-order chi connectivity index (χ1) is 11.2. The SMILES string of the molecule is CC.CCCC(C(=O)CC)c1cccnc1.Cc1ccccc1. The van der Waals surface area contributed by atoms with Gasteiger partial charge in [-0.15, -0.1) is 0 Å². The number of benzene rings is 1. The van der Waals surface area contributed by atoms with Crippen LogP contribution < -0.4 is 0 Å². The molecule has 0 saturated carbocycles. The molecule has 2 aromatic rings. The second-order valence-electron chi connectivity index (χ2n) is 5.10. The molecule has 0 aliphatic heterocycles. The van der Waals surface area contributed by atoms with E-state index in [0.717, 1.165) is 18.4 Å². The second kappa shape index (κ2) is 13.7. The summed E-state index contributed by atoms with van der Waals surface area (Å²) in [4.78, 5) is 15.7. The monoisotopic (exact) mass is 313 g/mol. The Morgan fingerprint density at radius 1 is 1.04 bits per heavy atom. The van der Waals surface area contributed by atoms with E-state index in [2.05, 4.69) is 31.0 Å². The van der Waals surface area contributed by atoms with Crippen molar-refractivity contribution in [2.24, 2.45) is 0 Å². The molecule has 1 atom stereocenters. The highest BCUT2D eigenvalue weighted by atomic mass is 16.1. The number of hydrogen-bond acceptors (Lipinski definition) is 2. The van der Waals surface area contributed by atoms with E-state index in [1.165, 1.54) is 5.56 Å². The largest absolute Gasteiger partial charge is 0.299 e. The van der Waals surface area contributed by atoms with E-state index >= 15 is 0 Å². The highest BCUT2D eigenvalue weighted by molar-refractivity contribution is 5.85. The smallest absolute Gasteiger partial charge is 0.140 e. The van der Waals surface area contributed by atoms with Gasteiger partial charge >= 0.3 is 0 Å². The Morgan fingerprint density at radius 3 is 2.09 bits per heavy atom. The van der Waals surface area contributed by atoms with Crippen molar-refractivity contribution in [2.75, 3.05) is 0 Å². The van der Waals surface area contributed by atoms with Crippen LogP contribution in [0.5, 0.6) is 0 Å². The molecule has 0 radical (unpaired) electrons. The van der Waals surface area contributed by atoms with Crippen molar-refractivity contribution in [2.45, 2.75) is 59.8 Å². The molecular formula is C21H31NO. The summed E-state index contributed by atoms with van der Waals surface area (Å²) in [5.74, 6) is 0.374. The van der Waals surface area contributed by atoms with Gasteiger partial charge in [0.15, 0.2) is 0 Å². The second-order valence-corrected chi connectivity index (χ2v) is 5.10. The predicted molar refractivity (Wildman–Crippen MR) is 99.7 cm³/mol. The highest BCUT2D eigenvalue weighted by Gasteiger charge is 2.17. The molecule has 0 fully saturated rings. The van der Waals surface area contributed by atoms with E-state index in [0.29, 0.717) is 12.2 Å². The van der Waals surface area contributed by atoms with Crippen LogP contribution in [0.3, 0.4) is 0 Å². The van der Waals surface area contributed by atoms with Crippen LogP contribution in [0.15, 0.2) is 54.9 Å². The van der Waals surface area contributed by atoms with Gasteiger partial charge in [-0.3, -0.25) is 9.78 Å². The Kier molecular flexibility index (Phi) is 12.5. The van der Waals surface area contributed by atoms with Crippen molar-refractivity contribution in [3.63, 3.8) is 0 Å². The molecule has 1 aromatic carbocycles. The number of rotatable bonds is 5. The standard InChI is InChI=1S/C12H17NO.C7H8.C2H6/c1-3-6-11(12(14)4-2)10-7-5-8-13-9-10;1-7-5-3-2-4-6-7;1-2/h5,7-9,11H,3-4,6H2,1-2H3;2-6H,1H3;1-2H3. The maximum atomic E-state index is 11.7. The van der Waals surface area contributed by atoms with Gasteiger partial charge in [0.1, 0.15) is 5.78 Å². The quantitative estimate of drug-likeness (QED) is 0.681. The van der Waals surface area contributed by atoms with Crippen LogP contribution >= 0.6 is 0 Å². The van der Waals surface area contributed by atoms with E-state index in [4.69, 9.17) is 0 Å². The summed E-state index contributed by atoms with van der Waals surface area (Å²) in [6.07, 6.45) is 6.11. The van der Waals surface area contributed by atoms with Gasteiger partial charge in [0.05, 0.1) is 0 Å². The minimum absolute atomic E-state index is 0.0544. The molecule has 1 unspecified atom stereocenters. The fraction of sp³-hybridized carbons (Fsp3) is 0.429. The zero-order valence-electron chi connectivity index (χ0n) is 15.3. The van der Waals surface area contributed by atoms with Crippen LogP contribution in [0.4, 0.5) is 0 Å². The Bertz CT molecular complexity index is 508. The molecule has 126 valence electrons.